The second-order valence-electron chi connectivity index (χ2n) is 3.33. The van der Waals surface area contributed by atoms with Crippen LogP contribution in [0.15, 0.2) is 30.3 Å². The predicted octanol–water partition coefficient (Wildman–Crippen LogP) is 3.06. The number of fused-ring (bicyclic) bond motifs is 1. The standard InChI is InChI=1S/C12H13N/c13-9-8-11-6-3-5-10-4-1-2-7-12(10)11/h1-2,4,6-7,9,13H,3,5,8H2. The molecule has 0 bridgehead atoms. The zero-order chi connectivity index (χ0) is 9.10. The number of aryl methyl sites for hydroxylation is 1. The first-order valence-corrected chi connectivity index (χ1v) is 4.68. The Morgan fingerprint density at radius 2 is 2.15 bits per heavy atom. The molecule has 1 aromatic carbocycles. The van der Waals surface area contributed by atoms with Gasteiger partial charge in [0.25, 0.3) is 0 Å². The first-order valence-electron chi connectivity index (χ1n) is 4.68. The van der Waals surface area contributed by atoms with Gasteiger partial charge in [-0.25, -0.2) is 0 Å². The van der Waals surface area contributed by atoms with Crippen molar-refractivity contribution < 1.29 is 0 Å². The largest absolute Gasteiger partial charge is 0.313 e. The van der Waals surface area contributed by atoms with Crippen LogP contribution >= 0.6 is 0 Å². The Morgan fingerprint density at radius 3 is 3.00 bits per heavy atom. The summed E-state index contributed by atoms with van der Waals surface area (Å²) in [5.41, 5.74) is 4.09. The van der Waals surface area contributed by atoms with Gasteiger partial charge >= 0.3 is 0 Å². The molecule has 1 N–H and O–H groups in total. The maximum absolute atomic E-state index is 7.11. The lowest BCUT2D eigenvalue weighted by Gasteiger charge is -2.15. The summed E-state index contributed by atoms with van der Waals surface area (Å²) >= 11 is 0. The molecule has 0 aromatic heterocycles. The molecule has 1 heteroatoms. The first kappa shape index (κ1) is 8.24. The molecule has 0 saturated heterocycles. The molecule has 0 radical (unpaired) electrons. The maximum atomic E-state index is 7.11. The summed E-state index contributed by atoms with van der Waals surface area (Å²) < 4.78 is 0. The smallest absolute Gasteiger partial charge is 0.00743 e. The highest BCUT2D eigenvalue weighted by Gasteiger charge is 2.09. The van der Waals surface area contributed by atoms with Gasteiger partial charge in [-0.3, -0.25) is 0 Å². The Kier molecular flexibility index (Phi) is 2.26. The second-order valence-corrected chi connectivity index (χ2v) is 3.33. The van der Waals surface area contributed by atoms with Crippen molar-refractivity contribution in [2.24, 2.45) is 0 Å². The van der Waals surface area contributed by atoms with Crippen LogP contribution < -0.4 is 0 Å². The zero-order valence-corrected chi connectivity index (χ0v) is 7.59. The summed E-state index contributed by atoms with van der Waals surface area (Å²) in [5, 5.41) is 7.11. The minimum absolute atomic E-state index is 0.775. The van der Waals surface area contributed by atoms with Crippen molar-refractivity contribution >= 4 is 11.8 Å². The van der Waals surface area contributed by atoms with E-state index >= 15 is 0 Å². The summed E-state index contributed by atoms with van der Waals surface area (Å²) in [7, 11) is 0. The Labute approximate surface area is 78.6 Å². The lowest BCUT2D eigenvalue weighted by Crippen LogP contribution is -1.99. The molecular formula is C12H13N. The first-order chi connectivity index (χ1) is 6.42. The van der Waals surface area contributed by atoms with Crippen LogP contribution in [0.1, 0.15) is 24.0 Å². The molecule has 66 valence electrons. The highest BCUT2D eigenvalue weighted by molar-refractivity contribution is 5.80. The Morgan fingerprint density at radius 1 is 1.31 bits per heavy atom. The van der Waals surface area contributed by atoms with Crippen molar-refractivity contribution in [2.75, 3.05) is 0 Å². The number of hydrogen-bond acceptors (Lipinski definition) is 1. The fourth-order valence-electron chi connectivity index (χ4n) is 1.87. The molecule has 13 heavy (non-hydrogen) atoms. The van der Waals surface area contributed by atoms with Crippen molar-refractivity contribution in [1.29, 1.82) is 5.41 Å². The van der Waals surface area contributed by atoms with Gasteiger partial charge in [0.05, 0.1) is 0 Å². The third kappa shape index (κ3) is 1.55. The van der Waals surface area contributed by atoms with Gasteiger partial charge in [0.1, 0.15) is 0 Å². The SMILES string of the molecule is N=CCC1=CCCc2ccccc21. The lowest BCUT2D eigenvalue weighted by molar-refractivity contribution is 0.972. The molecule has 1 nitrogen and oxygen atoms in total. The number of allylic oxidation sites excluding steroid dienone is 2. The quantitative estimate of drug-likeness (QED) is 0.661. The van der Waals surface area contributed by atoms with E-state index in [2.05, 4.69) is 30.3 Å². The molecule has 1 aromatic rings. The van der Waals surface area contributed by atoms with E-state index in [1.54, 1.807) is 0 Å². The van der Waals surface area contributed by atoms with E-state index in [0.29, 0.717) is 0 Å². The molecule has 0 amide bonds. The molecule has 0 saturated carbocycles. The zero-order valence-electron chi connectivity index (χ0n) is 7.59. The van der Waals surface area contributed by atoms with E-state index in [-0.39, 0.29) is 0 Å². The van der Waals surface area contributed by atoms with Crippen LogP contribution in [0.3, 0.4) is 0 Å². The molecule has 0 spiro atoms. The summed E-state index contributed by atoms with van der Waals surface area (Å²) in [6.45, 7) is 0. The van der Waals surface area contributed by atoms with Crippen molar-refractivity contribution in [3.63, 3.8) is 0 Å². The van der Waals surface area contributed by atoms with E-state index in [9.17, 15) is 0 Å². The fraction of sp³-hybridized carbons (Fsp3) is 0.250. The van der Waals surface area contributed by atoms with Crippen LogP contribution in [0, 0.1) is 5.41 Å². The van der Waals surface area contributed by atoms with Gasteiger partial charge in [-0.05, 0) is 35.8 Å². The number of rotatable bonds is 2. The van der Waals surface area contributed by atoms with Crippen LogP contribution in [-0.2, 0) is 6.42 Å². The van der Waals surface area contributed by atoms with Crippen molar-refractivity contribution in [3.05, 3.63) is 41.5 Å². The van der Waals surface area contributed by atoms with E-state index in [1.807, 2.05) is 0 Å². The van der Waals surface area contributed by atoms with Gasteiger partial charge in [-0.15, -0.1) is 0 Å². The summed E-state index contributed by atoms with van der Waals surface area (Å²) in [5.74, 6) is 0. The molecule has 0 unspecified atom stereocenters. The lowest BCUT2D eigenvalue weighted by atomic mass is 9.89. The van der Waals surface area contributed by atoms with Crippen molar-refractivity contribution in [3.8, 4) is 0 Å². The molecule has 0 aliphatic heterocycles. The summed E-state index contributed by atoms with van der Waals surface area (Å²) in [6, 6.07) is 8.50. The molecule has 2 rings (SSSR count). The van der Waals surface area contributed by atoms with E-state index in [0.717, 1.165) is 19.3 Å². The van der Waals surface area contributed by atoms with Crippen LogP contribution in [0.4, 0.5) is 0 Å². The third-order valence-electron chi connectivity index (χ3n) is 2.49. The van der Waals surface area contributed by atoms with Gasteiger partial charge in [0.2, 0.25) is 0 Å². The van der Waals surface area contributed by atoms with Gasteiger partial charge in [0.15, 0.2) is 0 Å². The topological polar surface area (TPSA) is 23.9 Å². The van der Waals surface area contributed by atoms with Crippen LogP contribution in [-0.4, -0.2) is 6.21 Å². The van der Waals surface area contributed by atoms with Crippen molar-refractivity contribution in [2.45, 2.75) is 19.3 Å². The fourth-order valence-corrected chi connectivity index (χ4v) is 1.87. The van der Waals surface area contributed by atoms with Crippen LogP contribution in [0.25, 0.3) is 5.57 Å². The summed E-state index contributed by atoms with van der Waals surface area (Å²) in [6.07, 6.45) is 6.79. The number of nitrogens with one attached hydrogen (secondary N) is 1. The third-order valence-corrected chi connectivity index (χ3v) is 2.49. The van der Waals surface area contributed by atoms with Gasteiger partial charge < -0.3 is 5.41 Å². The Hall–Kier alpha value is -1.37. The number of benzene rings is 1. The number of hydrogen-bond donors (Lipinski definition) is 1. The summed E-state index contributed by atoms with van der Waals surface area (Å²) in [4.78, 5) is 0. The minimum atomic E-state index is 0.775. The highest BCUT2D eigenvalue weighted by atomic mass is 14.3. The van der Waals surface area contributed by atoms with Crippen molar-refractivity contribution in [1.82, 2.24) is 0 Å². The molecule has 1 aliphatic rings. The average molecular weight is 171 g/mol. The Bertz CT molecular complexity index is 350. The maximum Gasteiger partial charge on any atom is 0.00743 e. The molecule has 0 fully saturated rings. The minimum Gasteiger partial charge on any atom is -0.313 e. The predicted molar refractivity (Wildman–Crippen MR) is 56.1 cm³/mol. The molecule has 0 heterocycles. The van der Waals surface area contributed by atoms with E-state index < -0.39 is 0 Å². The highest BCUT2D eigenvalue weighted by Crippen LogP contribution is 2.27. The van der Waals surface area contributed by atoms with Gasteiger partial charge in [0, 0.05) is 6.42 Å². The van der Waals surface area contributed by atoms with E-state index in [1.165, 1.54) is 22.9 Å². The molecule has 1 aliphatic carbocycles. The molecular weight excluding hydrogens is 158 g/mol. The Balaban J connectivity index is 2.41. The van der Waals surface area contributed by atoms with Crippen LogP contribution in [0.5, 0.6) is 0 Å². The second kappa shape index (κ2) is 3.56. The molecule has 0 atom stereocenters. The monoisotopic (exact) mass is 171 g/mol. The van der Waals surface area contributed by atoms with Crippen LogP contribution in [0.2, 0.25) is 0 Å². The van der Waals surface area contributed by atoms with Gasteiger partial charge in [-0.1, -0.05) is 30.3 Å². The average Bonchev–Trinajstić information content (AvgIpc) is 2.19. The van der Waals surface area contributed by atoms with E-state index in [4.69, 9.17) is 5.41 Å². The van der Waals surface area contributed by atoms with Gasteiger partial charge in [-0.2, -0.15) is 0 Å². The normalized spacial score (nSPS) is 14.6.